The highest BCUT2D eigenvalue weighted by molar-refractivity contribution is 5.42. The first-order chi connectivity index (χ1) is 9.80. The fourth-order valence-electron chi connectivity index (χ4n) is 2.06. The van der Waals surface area contributed by atoms with Crippen molar-refractivity contribution in [2.45, 2.75) is 19.1 Å². The van der Waals surface area contributed by atoms with Gasteiger partial charge >= 0.3 is 6.18 Å². The Morgan fingerprint density at radius 3 is 2.38 bits per heavy atom. The maximum absolute atomic E-state index is 12.5. The van der Waals surface area contributed by atoms with Crippen molar-refractivity contribution in [1.82, 2.24) is 4.90 Å². The fraction of sp³-hybridized carbons (Fsp3) is 0.571. The first-order valence-electron chi connectivity index (χ1n) is 6.57. The quantitative estimate of drug-likeness (QED) is 0.841. The van der Waals surface area contributed by atoms with Gasteiger partial charge in [-0.1, -0.05) is 6.92 Å². The Balaban J connectivity index is 2.88. The third kappa shape index (κ3) is 5.43. The maximum atomic E-state index is 12.5. The number of methoxy groups -OCH3 is 2. The highest BCUT2D eigenvalue weighted by Crippen LogP contribution is 2.29. The van der Waals surface area contributed by atoms with Crippen LogP contribution in [0.5, 0.6) is 11.5 Å². The minimum atomic E-state index is -4.24. The minimum Gasteiger partial charge on any atom is -0.497 e. The van der Waals surface area contributed by atoms with Crippen molar-refractivity contribution in [3.63, 3.8) is 0 Å². The lowest BCUT2D eigenvalue weighted by Crippen LogP contribution is -2.38. The van der Waals surface area contributed by atoms with Crippen LogP contribution in [0.1, 0.15) is 18.5 Å². The zero-order valence-corrected chi connectivity index (χ0v) is 12.4. The molecule has 1 atom stereocenters. The number of halogens is 3. The number of rotatable bonds is 7. The molecule has 1 aromatic carbocycles. The van der Waals surface area contributed by atoms with Crippen molar-refractivity contribution >= 4 is 0 Å². The van der Waals surface area contributed by atoms with Gasteiger partial charge in [-0.3, -0.25) is 4.90 Å². The summed E-state index contributed by atoms with van der Waals surface area (Å²) in [5.74, 6) is 1.12. The van der Waals surface area contributed by atoms with E-state index >= 15 is 0 Å². The van der Waals surface area contributed by atoms with Crippen molar-refractivity contribution in [3.05, 3.63) is 23.8 Å². The van der Waals surface area contributed by atoms with Gasteiger partial charge in [0, 0.05) is 18.2 Å². The number of hydrogen-bond acceptors (Lipinski definition) is 4. The van der Waals surface area contributed by atoms with Crippen LogP contribution in [0.4, 0.5) is 13.2 Å². The normalized spacial score (nSPS) is 13.3. The van der Waals surface area contributed by atoms with Gasteiger partial charge in [0.05, 0.1) is 20.8 Å². The summed E-state index contributed by atoms with van der Waals surface area (Å²) in [5.41, 5.74) is 6.67. The molecule has 0 spiro atoms. The lowest BCUT2D eigenvalue weighted by Gasteiger charge is -2.26. The predicted octanol–water partition coefficient (Wildman–Crippen LogP) is 2.59. The largest absolute Gasteiger partial charge is 0.497 e. The third-order valence-electron chi connectivity index (χ3n) is 3.14. The van der Waals surface area contributed by atoms with Crippen LogP contribution in [-0.2, 0) is 0 Å². The van der Waals surface area contributed by atoms with Gasteiger partial charge < -0.3 is 15.2 Å². The van der Waals surface area contributed by atoms with E-state index in [0.717, 1.165) is 0 Å². The van der Waals surface area contributed by atoms with E-state index in [0.29, 0.717) is 17.1 Å². The monoisotopic (exact) mass is 306 g/mol. The highest BCUT2D eigenvalue weighted by Gasteiger charge is 2.31. The molecule has 0 saturated carbocycles. The van der Waals surface area contributed by atoms with Gasteiger partial charge in [0.2, 0.25) is 0 Å². The molecule has 0 aliphatic heterocycles. The molecule has 0 aromatic heterocycles. The molecule has 0 bridgehead atoms. The average molecular weight is 306 g/mol. The Morgan fingerprint density at radius 1 is 1.24 bits per heavy atom. The molecule has 1 unspecified atom stereocenters. The summed E-state index contributed by atoms with van der Waals surface area (Å²) in [7, 11) is 3.00. The molecular formula is C14H21F3N2O2. The van der Waals surface area contributed by atoms with Crippen LogP contribution in [0.2, 0.25) is 0 Å². The molecule has 0 aliphatic carbocycles. The van der Waals surface area contributed by atoms with Crippen LogP contribution in [0, 0.1) is 0 Å². The summed E-state index contributed by atoms with van der Waals surface area (Å²) in [5, 5.41) is 0. The van der Waals surface area contributed by atoms with Crippen molar-refractivity contribution in [2.75, 3.05) is 33.9 Å². The zero-order chi connectivity index (χ0) is 16.0. The summed E-state index contributed by atoms with van der Waals surface area (Å²) < 4.78 is 47.8. The number of nitrogens with zero attached hydrogens (tertiary/aromatic N) is 1. The Kier molecular flexibility index (Phi) is 6.29. The van der Waals surface area contributed by atoms with E-state index in [4.69, 9.17) is 15.2 Å². The van der Waals surface area contributed by atoms with E-state index < -0.39 is 18.8 Å². The molecule has 1 aromatic rings. The molecule has 0 radical (unpaired) electrons. The SMILES string of the molecule is CCN(CC(N)c1cc(OC)ccc1OC)CC(F)(F)F. The molecule has 4 nitrogen and oxygen atoms in total. The standard InChI is InChI=1S/C14H21F3N2O2/c1-4-19(9-14(15,16)17)8-12(18)11-7-10(20-2)5-6-13(11)21-3/h5-7,12H,4,8-9,18H2,1-3H3. The van der Waals surface area contributed by atoms with Gasteiger partial charge in [-0.05, 0) is 24.7 Å². The van der Waals surface area contributed by atoms with Gasteiger partial charge in [-0.2, -0.15) is 13.2 Å². The van der Waals surface area contributed by atoms with Crippen LogP contribution in [0.15, 0.2) is 18.2 Å². The van der Waals surface area contributed by atoms with Crippen molar-refractivity contribution in [3.8, 4) is 11.5 Å². The smallest absolute Gasteiger partial charge is 0.401 e. The maximum Gasteiger partial charge on any atom is 0.401 e. The molecule has 0 aliphatic rings. The molecule has 21 heavy (non-hydrogen) atoms. The summed E-state index contributed by atoms with van der Waals surface area (Å²) in [6, 6.07) is 4.49. The van der Waals surface area contributed by atoms with E-state index in [1.807, 2.05) is 0 Å². The lowest BCUT2D eigenvalue weighted by atomic mass is 10.1. The number of likely N-dealkylation sites (N-methyl/N-ethyl adjacent to an activating group) is 1. The highest BCUT2D eigenvalue weighted by atomic mass is 19.4. The molecular weight excluding hydrogens is 285 g/mol. The van der Waals surface area contributed by atoms with Gasteiger partial charge in [-0.25, -0.2) is 0 Å². The van der Waals surface area contributed by atoms with Gasteiger partial charge in [0.15, 0.2) is 0 Å². The summed E-state index contributed by atoms with van der Waals surface area (Å²) >= 11 is 0. The van der Waals surface area contributed by atoms with Crippen LogP contribution in [0.3, 0.4) is 0 Å². The third-order valence-corrected chi connectivity index (χ3v) is 3.14. The Morgan fingerprint density at radius 2 is 1.90 bits per heavy atom. The Bertz CT molecular complexity index is 452. The number of alkyl halides is 3. The van der Waals surface area contributed by atoms with E-state index in [1.165, 1.54) is 19.1 Å². The number of ether oxygens (including phenoxy) is 2. The van der Waals surface area contributed by atoms with Crippen LogP contribution < -0.4 is 15.2 Å². The lowest BCUT2D eigenvalue weighted by molar-refractivity contribution is -0.145. The Labute approximate surface area is 122 Å². The number of benzene rings is 1. The number of nitrogens with two attached hydrogens (primary N) is 1. The average Bonchev–Trinajstić information content (AvgIpc) is 2.44. The summed E-state index contributed by atoms with van der Waals surface area (Å²) in [4.78, 5) is 1.25. The van der Waals surface area contributed by atoms with Gasteiger partial charge in [0.25, 0.3) is 0 Å². The minimum absolute atomic E-state index is 0.0829. The van der Waals surface area contributed by atoms with Gasteiger partial charge in [-0.15, -0.1) is 0 Å². The fourth-order valence-corrected chi connectivity index (χ4v) is 2.06. The molecule has 0 amide bonds. The molecule has 0 heterocycles. The summed E-state index contributed by atoms with van der Waals surface area (Å²) in [6.07, 6.45) is -4.24. The molecule has 0 saturated heterocycles. The van der Waals surface area contributed by atoms with Crippen LogP contribution >= 0.6 is 0 Å². The summed E-state index contributed by atoms with van der Waals surface area (Å²) in [6.45, 7) is 1.03. The van der Waals surface area contributed by atoms with E-state index in [9.17, 15) is 13.2 Å². The topological polar surface area (TPSA) is 47.7 Å². The second kappa shape index (κ2) is 7.51. The van der Waals surface area contributed by atoms with Crippen LogP contribution in [-0.4, -0.2) is 44.9 Å². The second-order valence-electron chi connectivity index (χ2n) is 4.66. The zero-order valence-electron chi connectivity index (χ0n) is 12.4. The van der Waals surface area contributed by atoms with E-state index in [1.54, 1.807) is 25.1 Å². The second-order valence-corrected chi connectivity index (χ2v) is 4.66. The Hall–Kier alpha value is -1.47. The molecule has 0 fully saturated rings. The first kappa shape index (κ1) is 17.6. The predicted molar refractivity (Wildman–Crippen MR) is 74.6 cm³/mol. The van der Waals surface area contributed by atoms with Crippen LogP contribution in [0.25, 0.3) is 0 Å². The van der Waals surface area contributed by atoms with Crippen molar-refractivity contribution < 1.29 is 22.6 Å². The molecule has 2 N–H and O–H groups in total. The van der Waals surface area contributed by atoms with Gasteiger partial charge in [0.1, 0.15) is 11.5 Å². The van der Waals surface area contributed by atoms with Crippen molar-refractivity contribution in [1.29, 1.82) is 0 Å². The molecule has 1 rings (SSSR count). The van der Waals surface area contributed by atoms with E-state index in [-0.39, 0.29) is 13.1 Å². The number of hydrogen-bond donors (Lipinski definition) is 1. The first-order valence-corrected chi connectivity index (χ1v) is 6.57. The molecule has 120 valence electrons. The molecule has 7 heteroatoms. The van der Waals surface area contributed by atoms with Crippen molar-refractivity contribution in [2.24, 2.45) is 5.73 Å². The van der Waals surface area contributed by atoms with E-state index in [2.05, 4.69) is 0 Å².